The zero-order chi connectivity index (χ0) is 14.8. The van der Waals surface area contributed by atoms with Crippen molar-refractivity contribution in [1.29, 1.82) is 0 Å². The van der Waals surface area contributed by atoms with Gasteiger partial charge in [0.2, 0.25) is 0 Å². The molecule has 0 aliphatic carbocycles. The van der Waals surface area contributed by atoms with E-state index in [2.05, 4.69) is 41.2 Å². The molecule has 0 fully saturated rings. The van der Waals surface area contributed by atoms with Crippen LogP contribution in [0.4, 0.5) is 0 Å². The molecule has 1 heterocycles. The summed E-state index contributed by atoms with van der Waals surface area (Å²) in [5.41, 5.74) is 5.23. The van der Waals surface area contributed by atoms with E-state index in [4.69, 9.17) is 11.6 Å². The van der Waals surface area contributed by atoms with Gasteiger partial charge in [0.25, 0.3) is 0 Å². The Morgan fingerprint density at radius 3 is 1.71 bits per heavy atom. The monoisotopic (exact) mass is 294 g/mol. The molecule has 0 aliphatic rings. The maximum absolute atomic E-state index is 5.94. The molecule has 0 saturated carbocycles. The van der Waals surface area contributed by atoms with Crippen molar-refractivity contribution in [3.8, 4) is 22.5 Å². The lowest BCUT2D eigenvalue weighted by Crippen LogP contribution is -1.94. The van der Waals surface area contributed by atoms with Gasteiger partial charge in [0, 0.05) is 16.1 Å². The molecule has 0 N–H and O–H groups in total. The summed E-state index contributed by atoms with van der Waals surface area (Å²) in [5, 5.41) is 0.725. The van der Waals surface area contributed by atoms with Gasteiger partial charge in [0.1, 0.15) is 5.82 Å². The van der Waals surface area contributed by atoms with E-state index in [9.17, 15) is 0 Å². The molecule has 0 bridgehead atoms. The summed E-state index contributed by atoms with van der Waals surface area (Å²) in [6.07, 6.45) is 0. The number of hydrogen-bond acceptors (Lipinski definition) is 2. The molecule has 3 heteroatoms. The van der Waals surface area contributed by atoms with Gasteiger partial charge in [-0.05, 0) is 32.0 Å². The first-order valence-corrected chi connectivity index (χ1v) is 7.18. The zero-order valence-electron chi connectivity index (χ0n) is 12.0. The van der Waals surface area contributed by atoms with Gasteiger partial charge in [-0.25, -0.2) is 9.97 Å². The highest BCUT2D eigenvalue weighted by Crippen LogP contribution is 2.25. The minimum atomic E-state index is 0.725. The molecule has 3 rings (SSSR count). The predicted octanol–water partition coefficient (Wildman–Crippen LogP) is 5.08. The van der Waals surface area contributed by atoms with E-state index in [-0.39, 0.29) is 0 Å². The molecular weight excluding hydrogens is 280 g/mol. The van der Waals surface area contributed by atoms with Crippen LogP contribution in [0.1, 0.15) is 11.4 Å². The number of benzene rings is 2. The summed E-state index contributed by atoms with van der Waals surface area (Å²) in [5.74, 6) is 0.762. The quantitative estimate of drug-likeness (QED) is 0.658. The third-order valence-electron chi connectivity index (χ3n) is 3.33. The van der Waals surface area contributed by atoms with E-state index in [0.717, 1.165) is 33.4 Å². The van der Waals surface area contributed by atoms with Crippen LogP contribution in [-0.4, -0.2) is 9.97 Å². The van der Waals surface area contributed by atoms with Crippen LogP contribution >= 0.6 is 11.6 Å². The van der Waals surface area contributed by atoms with E-state index in [1.165, 1.54) is 5.56 Å². The molecule has 0 spiro atoms. The largest absolute Gasteiger partial charge is 0.233 e. The van der Waals surface area contributed by atoms with E-state index in [1.807, 2.05) is 37.3 Å². The third-order valence-corrected chi connectivity index (χ3v) is 3.58. The first-order valence-electron chi connectivity index (χ1n) is 6.80. The lowest BCUT2D eigenvalue weighted by molar-refractivity contribution is 1.06. The standard InChI is InChI=1S/C18H15ClN2/c1-12-3-5-14(6-4-12)17-11-18(21-13(2)20-17)15-7-9-16(19)10-8-15/h3-11H,1-2H3. The molecule has 0 saturated heterocycles. The van der Waals surface area contributed by atoms with Crippen LogP contribution in [0.5, 0.6) is 0 Å². The second kappa shape index (κ2) is 5.66. The van der Waals surface area contributed by atoms with Crippen molar-refractivity contribution in [2.75, 3.05) is 0 Å². The molecular formula is C18H15ClN2. The van der Waals surface area contributed by atoms with Crippen molar-refractivity contribution in [1.82, 2.24) is 9.97 Å². The van der Waals surface area contributed by atoms with Crippen LogP contribution < -0.4 is 0 Å². The van der Waals surface area contributed by atoms with Crippen LogP contribution in [0.2, 0.25) is 5.02 Å². The molecule has 1 aromatic heterocycles. The zero-order valence-corrected chi connectivity index (χ0v) is 12.7. The second-order valence-corrected chi connectivity index (χ2v) is 5.49. The van der Waals surface area contributed by atoms with Crippen LogP contribution in [-0.2, 0) is 0 Å². The van der Waals surface area contributed by atoms with E-state index in [0.29, 0.717) is 0 Å². The summed E-state index contributed by atoms with van der Waals surface area (Å²) in [7, 11) is 0. The van der Waals surface area contributed by atoms with Gasteiger partial charge in [0.05, 0.1) is 11.4 Å². The molecule has 3 aromatic rings. The summed E-state index contributed by atoms with van der Waals surface area (Å²) in [6, 6.07) is 18.1. The number of hydrogen-bond donors (Lipinski definition) is 0. The molecule has 2 aromatic carbocycles. The Kier molecular flexibility index (Phi) is 3.72. The van der Waals surface area contributed by atoms with Crippen molar-refractivity contribution < 1.29 is 0 Å². The highest BCUT2D eigenvalue weighted by Gasteiger charge is 2.06. The minimum absolute atomic E-state index is 0.725. The predicted molar refractivity (Wildman–Crippen MR) is 87.4 cm³/mol. The Hall–Kier alpha value is -2.19. The number of aryl methyl sites for hydroxylation is 2. The molecule has 104 valence electrons. The topological polar surface area (TPSA) is 25.8 Å². The van der Waals surface area contributed by atoms with Crippen molar-refractivity contribution in [2.24, 2.45) is 0 Å². The maximum Gasteiger partial charge on any atom is 0.126 e. The molecule has 0 aliphatic heterocycles. The van der Waals surface area contributed by atoms with Crippen molar-refractivity contribution in [3.05, 3.63) is 71.0 Å². The van der Waals surface area contributed by atoms with E-state index in [1.54, 1.807) is 0 Å². The Bertz CT molecular complexity index is 698. The maximum atomic E-state index is 5.94. The molecule has 0 radical (unpaired) electrons. The van der Waals surface area contributed by atoms with Gasteiger partial charge in [-0.1, -0.05) is 53.6 Å². The van der Waals surface area contributed by atoms with Gasteiger partial charge in [-0.3, -0.25) is 0 Å². The van der Waals surface area contributed by atoms with Gasteiger partial charge in [-0.2, -0.15) is 0 Å². The van der Waals surface area contributed by atoms with Gasteiger partial charge in [-0.15, -0.1) is 0 Å². The number of halogens is 1. The molecule has 2 nitrogen and oxygen atoms in total. The fraction of sp³-hybridized carbons (Fsp3) is 0.111. The van der Waals surface area contributed by atoms with Crippen molar-refractivity contribution in [2.45, 2.75) is 13.8 Å². The van der Waals surface area contributed by atoms with Crippen molar-refractivity contribution >= 4 is 11.6 Å². The molecule has 21 heavy (non-hydrogen) atoms. The average molecular weight is 295 g/mol. The first kappa shape index (κ1) is 13.8. The average Bonchev–Trinajstić information content (AvgIpc) is 2.48. The molecule has 0 amide bonds. The summed E-state index contributed by atoms with van der Waals surface area (Å²) in [4.78, 5) is 9.06. The lowest BCUT2D eigenvalue weighted by Gasteiger charge is -2.07. The Morgan fingerprint density at radius 2 is 1.19 bits per heavy atom. The van der Waals surface area contributed by atoms with Crippen molar-refractivity contribution in [3.63, 3.8) is 0 Å². The summed E-state index contributed by atoms with van der Waals surface area (Å²) < 4.78 is 0. The lowest BCUT2D eigenvalue weighted by atomic mass is 10.1. The van der Waals surface area contributed by atoms with Gasteiger partial charge < -0.3 is 0 Å². The van der Waals surface area contributed by atoms with Crippen LogP contribution in [0.25, 0.3) is 22.5 Å². The SMILES string of the molecule is Cc1ccc(-c2cc(-c3ccc(Cl)cc3)nc(C)n2)cc1. The molecule has 0 atom stereocenters. The summed E-state index contributed by atoms with van der Waals surface area (Å²) >= 11 is 5.94. The van der Waals surface area contributed by atoms with E-state index < -0.39 is 0 Å². The highest BCUT2D eigenvalue weighted by atomic mass is 35.5. The van der Waals surface area contributed by atoms with Crippen LogP contribution in [0, 0.1) is 13.8 Å². The third kappa shape index (κ3) is 3.11. The number of aromatic nitrogens is 2. The smallest absolute Gasteiger partial charge is 0.126 e. The number of rotatable bonds is 2. The fourth-order valence-corrected chi connectivity index (χ4v) is 2.33. The molecule has 0 unspecified atom stereocenters. The minimum Gasteiger partial charge on any atom is -0.233 e. The highest BCUT2D eigenvalue weighted by molar-refractivity contribution is 6.30. The fourth-order valence-electron chi connectivity index (χ4n) is 2.21. The summed E-state index contributed by atoms with van der Waals surface area (Å²) in [6.45, 7) is 3.99. The Morgan fingerprint density at radius 1 is 0.714 bits per heavy atom. The Balaban J connectivity index is 2.07. The Labute approximate surface area is 129 Å². The van der Waals surface area contributed by atoms with Crippen LogP contribution in [0.3, 0.4) is 0 Å². The second-order valence-electron chi connectivity index (χ2n) is 5.06. The van der Waals surface area contributed by atoms with Gasteiger partial charge >= 0.3 is 0 Å². The number of nitrogens with zero attached hydrogens (tertiary/aromatic N) is 2. The van der Waals surface area contributed by atoms with Gasteiger partial charge in [0.15, 0.2) is 0 Å². The first-order chi connectivity index (χ1) is 10.1. The normalized spacial score (nSPS) is 10.6. The van der Waals surface area contributed by atoms with Crippen LogP contribution in [0.15, 0.2) is 54.6 Å². The van der Waals surface area contributed by atoms with E-state index >= 15 is 0 Å².